The highest BCUT2D eigenvalue weighted by Crippen LogP contribution is 2.30. The Hall–Kier alpha value is -3.22. The van der Waals surface area contributed by atoms with Gasteiger partial charge in [0.05, 0.1) is 32.6 Å². The molecule has 2 N–H and O–H groups in total. The van der Waals surface area contributed by atoms with Crippen molar-refractivity contribution in [3.05, 3.63) is 42.0 Å². The molecule has 0 radical (unpaired) electrons. The molecule has 0 saturated carbocycles. The molecule has 2 rings (SSSR count). The fourth-order valence-electron chi connectivity index (χ4n) is 2.27. The van der Waals surface area contributed by atoms with Crippen molar-refractivity contribution in [2.45, 2.75) is 6.92 Å². The van der Waals surface area contributed by atoms with Crippen molar-refractivity contribution in [2.24, 2.45) is 0 Å². The van der Waals surface area contributed by atoms with Crippen molar-refractivity contribution in [1.29, 1.82) is 0 Å². The lowest BCUT2D eigenvalue weighted by Gasteiger charge is -2.14. The summed E-state index contributed by atoms with van der Waals surface area (Å²) < 4.78 is 15.6. The summed E-state index contributed by atoms with van der Waals surface area (Å²) in [5.41, 5.74) is 1.28. The van der Waals surface area contributed by atoms with Crippen molar-refractivity contribution < 1.29 is 23.8 Å². The minimum atomic E-state index is -0.394. The summed E-state index contributed by atoms with van der Waals surface area (Å²) >= 11 is 0. The second-order valence-corrected chi connectivity index (χ2v) is 5.12. The number of benzene rings is 2. The predicted octanol–water partition coefficient (Wildman–Crippen LogP) is 2.92. The lowest BCUT2D eigenvalue weighted by Crippen LogP contribution is -2.14. The van der Waals surface area contributed by atoms with Crippen LogP contribution in [0, 0.1) is 0 Å². The molecule has 0 aliphatic carbocycles. The van der Waals surface area contributed by atoms with E-state index in [2.05, 4.69) is 10.6 Å². The van der Waals surface area contributed by atoms with Crippen molar-refractivity contribution >= 4 is 23.2 Å². The first-order valence-corrected chi connectivity index (χ1v) is 7.47. The molecule has 0 saturated heterocycles. The molecular weight excluding hydrogens is 324 g/mol. The largest absolute Gasteiger partial charge is 0.497 e. The Morgan fingerprint density at radius 2 is 1.52 bits per heavy atom. The van der Waals surface area contributed by atoms with E-state index in [1.165, 1.54) is 28.3 Å². The topological polar surface area (TPSA) is 85.9 Å². The number of nitrogens with one attached hydrogen (secondary N) is 2. The molecule has 7 heteroatoms. The maximum atomic E-state index is 12.7. The average molecular weight is 344 g/mol. The van der Waals surface area contributed by atoms with Gasteiger partial charge in [-0.1, -0.05) is 0 Å². The number of hydrogen-bond donors (Lipinski definition) is 2. The minimum Gasteiger partial charge on any atom is -0.497 e. The van der Waals surface area contributed by atoms with Gasteiger partial charge in [-0.25, -0.2) is 0 Å². The number of carbonyl (C=O) groups excluding carboxylic acids is 2. The van der Waals surface area contributed by atoms with E-state index in [0.717, 1.165) is 0 Å². The zero-order valence-corrected chi connectivity index (χ0v) is 14.5. The van der Waals surface area contributed by atoms with Crippen molar-refractivity contribution in [2.75, 3.05) is 32.0 Å². The maximum Gasteiger partial charge on any atom is 0.259 e. The SMILES string of the molecule is COc1ccc(OC)c(C(=O)Nc2cc(NC(C)=O)ccc2OC)c1. The van der Waals surface area contributed by atoms with Gasteiger partial charge in [0.25, 0.3) is 5.91 Å². The molecule has 0 aliphatic heterocycles. The Morgan fingerprint density at radius 1 is 0.840 bits per heavy atom. The Labute approximate surface area is 145 Å². The van der Waals surface area contributed by atoms with Crippen LogP contribution in [0.3, 0.4) is 0 Å². The summed E-state index contributed by atoms with van der Waals surface area (Å²) in [7, 11) is 4.50. The average Bonchev–Trinajstić information content (AvgIpc) is 2.60. The van der Waals surface area contributed by atoms with Crippen LogP contribution in [0.15, 0.2) is 36.4 Å². The lowest BCUT2D eigenvalue weighted by atomic mass is 10.1. The normalized spacial score (nSPS) is 9.92. The zero-order valence-electron chi connectivity index (χ0n) is 14.5. The third-order valence-electron chi connectivity index (χ3n) is 3.42. The number of hydrogen-bond acceptors (Lipinski definition) is 5. The van der Waals surface area contributed by atoms with Crippen LogP contribution in [0.2, 0.25) is 0 Å². The van der Waals surface area contributed by atoms with Crippen LogP contribution in [0.4, 0.5) is 11.4 Å². The van der Waals surface area contributed by atoms with E-state index in [1.807, 2.05) is 0 Å². The third-order valence-corrected chi connectivity index (χ3v) is 3.42. The molecule has 0 bridgehead atoms. The van der Waals surface area contributed by atoms with Gasteiger partial charge < -0.3 is 24.8 Å². The summed E-state index contributed by atoms with van der Waals surface area (Å²) in [5.74, 6) is 0.801. The van der Waals surface area contributed by atoms with Gasteiger partial charge >= 0.3 is 0 Å². The number of anilines is 2. The van der Waals surface area contributed by atoms with Gasteiger partial charge in [0.1, 0.15) is 17.2 Å². The summed E-state index contributed by atoms with van der Waals surface area (Å²) in [5, 5.41) is 5.43. The molecule has 25 heavy (non-hydrogen) atoms. The van der Waals surface area contributed by atoms with E-state index in [0.29, 0.717) is 34.2 Å². The Balaban J connectivity index is 2.35. The van der Waals surface area contributed by atoms with Crippen molar-refractivity contribution in [3.8, 4) is 17.2 Å². The molecule has 0 spiro atoms. The molecule has 2 amide bonds. The quantitative estimate of drug-likeness (QED) is 0.841. The smallest absolute Gasteiger partial charge is 0.259 e. The van der Waals surface area contributed by atoms with Crippen LogP contribution in [0.5, 0.6) is 17.2 Å². The molecule has 0 aromatic heterocycles. The zero-order chi connectivity index (χ0) is 18.4. The van der Waals surface area contributed by atoms with Crippen LogP contribution in [-0.2, 0) is 4.79 Å². The lowest BCUT2D eigenvalue weighted by molar-refractivity contribution is -0.114. The summed E-state index contributed by atoms with van der Waals surface area (Å²) in [4.78, 5) is 23.9. The number of methoxy groups -OCH3 is 3. The molecule has 2 aromatic carbocycles. The summed E-state index contributed by atoms with van der Waals surface area (Å²) in [6, 6.07) is 9.89. The molecule has 0 unspecified atom stereocenters. The second-order valence-electron chi connectivity index (χ2n) is 5.12. The van der Waals surface area contributed by atoms with E-state index in [-0.39, 0.29) is 5.91 Å². The summed E-state index contributed by atoms with van der Waals surface area (Å²) in [6.45, 7) is 1.41. The van der Waals surface area contributed by atoms with Gasteiger partial charge in [-0.3, -0.25) is 9.59 Å². The van der Waals surface area contributed by atoms with Gasteiger partial charge in [0, 0.05) is 12.6 Å². The highest BCUT2D eigenvalue weighted by molar-refractivity contribution is 6.07. The molecule has 0 heterocycles. The first-order valence-electron chi connectivity index (χ1n) is 7.47. The Kier molecular flexibility index (Phi) is 5.84. The molecule has 0 aliphatic rings. The predicted molar refractivity (Wildman–Crippen MR) is 94.8 cm³/mol. The van der Waals surface area contributed by atoms with Gasteiger partial charge in [0.15, 0.2) is 0 Å². The summed E-state index contributed by atoms with van der Waals surface area (Å²) in [6.07, 6.45) is 0. The standard InChI is InChI=1S/C18H20N2O5/c1-11(21)19-12-5-7-17(25-4)15(9-12)20-18(22)14-10-13(23-2)6-8-16(14)24-3/h5-10H,1-4H3,(H,19,21)(H,20,22). The highest BCUT2D eigenvalue weighted by atomic mass is 16.5. The van der Waals surface area contributed by atoms with Gasteiger partial charge in [-0.15, -0.1) is 0 Å². The second kappa shape index (κ2) is 8.05. The van der Waals surface area contributed by atoms with Crippen molar-refractivity contribution in [1.82, 2.24) is 0 Å². The number of rotatable bonds is 6. The van der Waals surface area contributed by atoms with Gasteiger partial charge in [-0.05, 0) is 36.4 Å². The van der Waals surface area contributed by atoms with Crippen LogP contribution >= 0.6 is 0 Å². The maximum absolute atomic E-state index is 12.7. The molecule has 7 nitrogen and oxygen atoms in total. The van der Waals surface area contributed by atoms with Crippen LogP contribution in [-0.4, -0.2) is 33.1 Å². The number of ether oxygens (including phenoxy) is 3. The van der Waals surface area contributed by atoms with E-state index < -0.39 is 5.91 Å². The van der Waals surface area contributed by atoms with Gasteiger partial charge in [0.2, 0.25) is 5.91 Å². The Morgan fingerprint density at radius 3 is 2.12 bits per heavy atom. The van der Waals surface area contributed by atoms with E-state index in [9.17, 15) is 9.59 Å². The van der Waals surface area contributed by atoms with E-state index in [4.69, 9.17) is 14.2 Å². The molecule has 2 aromatic rings. The van der Waals surface area contributed by atoms with Crippen LogP contribution in [0.25, 0.3) is 0 Å². The first-order chi connectivity index (χ1) is 12.0. The van der Waals surface area contributed by atoms with Crippen LogP contribution < -0.4 is 24.8 Å². The molecule has 132 valence electrons. The highest BCUT2D eigenvalue weighted by Gasteiger charge is 2.16. The number of carbonyl (C=O) groups is 2. The third kappa shape index (κ3) is 4.41. The fourth-order valence-corrected chi connectivity index (χ4v) is 2.27. The first kappa shape index (κ1) is 18.1. The van der Waals surface area contributed by atoms with Gasteiger partial charge in [-0.2, -0.15) is 0 Å². The van der Waals surface area contributed by atoms with Crippen molar-refractivity contribution in [3.63, 3.8) is 0 Å². The monoisotopic (exact) mass is 344 g/mol. The van der Waals surface area contributed by atoms with E-state index in [1.54, 1.807) is 36.4 Å². The molecule has 0 atom stereocenters. The molecular formula is C18H20N2O5. The fraction of sp³-hybridized carbons (Fsp3) is 0.222. The van der Waals surface area contributed by atoms with Crippen LogP contribution in [0.1, 0.15) is 17.3 Å². The Bertz CT molecular complexity index is 789. The minimum absolute atomic E-state index is 0.211. The molecule has 0 fully saturated rings. The number of amides is 2. The van der Waals surface area contributed by atoms with E-state index >= 15 is 0 Å².